The van der Waals surface area contributed by atoms with Crippen molar-refractivity contribution in [3.8, 4) is 11.5 Å². The summed E-state index contributed by atoms with van der Waals surface area (Å²) in [5.74, 6) is 0.978. The fraction of sp³-hybridized carbons (Fsp3) is 0.667. The molecule has 0 saturated carbocycles. The molecule has 0 amide bonds. The van der Waals surface area contributed by atoms with E-state index in [4.69, 9.17) is 4.74 Å². The molecule has 0 spiro atoms. The average molecular weight is 371 g/mol. The van der Waals surface area contributed by atoms with E-state index in [0.717, 1.165) is 38.3 Å². The average Bonchev–Trinajstić information content (AvgIpc) is 2.56. The molecule has 1 aliphatic rings. The van der Waals surface area contributed by atoms with Crippen molar-refractivity contribution in [3.63, 3.8) is 0 Å². The highest BCUT2D eigenvalue weighted by Gasteiger charge is 2.15. The van der Waals surface area contributed by atoms with E-state index in [1.807, 2.05) is 6.07 Å². The van der Waals surface area contributed by atoms with Crippen LogP contribution in [0.5, 0.6) is 11.5 Å². The van der Waals surface area contributed by atoms with Gasteiger partial charge in [0.1, 0.15) is 9.84 Å². The van der Waals surface area contributed by atoms with E-state index < -0.39 is 9.84 Å². The number of hydrogen-bond acceptors (Lipinski definition) is 6. The van der Waals surface area contributed by atoms with Gasteiger partial charge in [0.2, 0.25) is 0 Å². The third-order valence-corrected chi connectivity index (χ3v) is 6.51. The maximum absolute atomic E-state index is 12.2. The van der Waals surface area contributed by atoms with Crippen molar-refractivity contribution in [1.29, 1.82) is 0 Å². The first kappa shape index (κ1) is 20.0. The second-order valence-electron chi connectivity index (χ2n) is 6.76. The van der Waals surface area contributed by atoms with Gasteiger partial charge in [0.05, 0.1) is 18.6 Å². The minimum absolute atomic E-state index is 0.0926. The van der Waals surface area contributed by atoms with Crippen molar-refractivity contribution >= 4 is 9.84 Å². The summed E-state index contributed by atoms with van der Waals surface area (Å²) in [6.45, 7) is 5.03. The van der Waals surface area contributed by atoms with Gasteiger partial charge < -0.3 is 19.6 Å². The maximum Gasteiger partial charge on any atom is 0.160 e. The Morgan fingerprint density at radius 1 is 1.12 bits per heavy atom. The number of hydrogen-bond donors (Lipinski definition) is 1. The molecular weight excluding hydrogens is 340 g/mol. The first-order valence-electron chi connectivity index (χ1n) is 8.87. The zero-order valence-corrected chi connectivity index (χ0v) is 16.1. The molecule has 0 bridgehead atoms. The van der Waals surface area contributed by atoms with E-state index in [9.17, 15) is 13.5 Å². The van der Waals surface area contributed by atoms with Crippen LogP contribution >= 0.6 is 0 Å². The van der Waals surface area contributed by atoms with Crippen molar-refractivity contribution in [2.24, 2.45) is 0 Å². The Bertz CT molecular complexity index is 640. The Kier molecular flexibility index (Phi) is 7.53. The van der Waals surface area contributed by atoms with Crippen LogP contribution in [-0.2, 0) is 16.3 Å². The molecule has 0 atom stereocenters. The molecule has 0 aliphatic carbocycles. The summed E-state index contributed by atoms with van der Waals surface area (Å²) in [4.78, 5) is 4.64. The largest absolute Gasteiger partial charge is 0.504 e. The topological polar surface area (TPSA) is 70.1 Å². The second kappa shape index (κ2) is 9.40. The van der Waals surface area contributed by atoms with Gasteiger partial charge in [-0.25, -0.2) is 8.42 Å². The third kappa shape index (κ3) is 6.84. The molecular formula is C18H30N2O4S. The zero-order valence-electron chi connectivity index (χ0n) is 15.3. The van der Waals surface area contributed by atoms with E-state index >= 15 is 0 Å². The summed E-state index contributed by atoms with van der Waals surface area (Å²) in [6.07, 6.45) is 1.91. The van der Waals surface area contributed by atoms with Crippen molar-refractivity contribution in [3.05, 3.63) is 23.8 Å². The van der Waals surface area contributed by atoms with Crippen LogP contribution < -0.4 is 4.74 Å². The quantitative estimate of drug-likeness (QED) is 0.708. The van der Waals surface area contributed by atoms with Gasteiger partial charge in [0.25, 0.3) is 0 Å². The summed E-state index contributed by atoms with van der Waals surface area (Å²) in [5.41, 5.74) is 0.922. The van der Waals surface area contributed by atoms with E-state index in [0.29, 0.717) is 25.0 Å². The predicted octanol–water partition coefficient (Wildman–Crippen LogP) is 1.39. The summed E-state index contributed by atoms with van der Waals surface area (Å²) in [6, 6.07) is 5.20. The molecule has 1 aromatic rings. The number of piperazine rings is 1. The second-order valence-corrected chi connectivity index (χ2v) is 9.06. The molecule has 6 nitrogen and oxygen atoms in total. The van der Waals surface area contributed by atoms with Gasteiger partial charge >= 0.3 is 0 Å². The summed E-state index contributed by atoms with van der Waals surface area (Å²) in [7, 11) is 0.608. The number of sulfone groups is 1. The first-order chi connectivity index (χ1) is 11.9. The summed E-state index contributed by atoms with van der Waals surface area (Å²) >= 11 is 0. The van der Waals surface area contributed by atoms with Crippen molar-refractivity contribution in [1.82, 2.24) is 9.80 Å². The lowest BCUT2D eigenvalue weighted by Gasteiger charge is -2.32. The number of phenolic OH excluding ortho intramolecular Hbond substituents is 1. The van der Waals surface area contributed by atoms with Gasteiger partial charge in [0, 0.05) is 26.2 Å². The molecule has 1 heterocycles. The van der Waals surface area contributed by atoms with Gasteiger partial charge in [-0.3, -0.25) is 0 Å². The van der Waals surface area contributed by atoms with Crippen LogP contribution in [-0.4, -0.2) is 81.7 Å². The lowest BCUT2D eigenvalue weighted by atomic mass is 10.1. The fourth-order valence-corrected chi connectivity index (χ4v) is 4.43. The van der Waals surface area contributed by atoms with Crippen LogP contribution in [0.3, 0.4) is 0 Å². The highest BCUT2D eigenvalue weighted by atomic mass is 32.2. The molecule has 1 aromatic carbocycles. The molecule has 1 aliphatic heterocycles. The number of nitrogens with zero attached hydrogens (tertiary/aromatic N) is 2. The van der Waals surface area contributed by atoms with Crippen LogP contribution in [0.15, 0.2) is 18.2 Å². The molecule has 1 N–H and O–H groups in total. The Balaban J connectivity index is 1.68. The minimum atomic E-state index is -3.01. The SMILES string of the molecule is COc1ccc(CCCS(=O)(=O)CCCN2CCN(C)CC2)cc1O. The Labute approximate surface area is 151 Å². The van der Waals surface area contributed by atoms with E-state index in [2.05, 4.69) is 16.8 Å². The van der Waals surface area contributed by atoms with Crippen molar-refractivity contribution < 1.29 is 18.3 Å². The smallest absolute Gasteiger partial charge is 0.160 e. The normalized spacial score (nSPS) is 16.9. The van der Waals surface area contributed by atoms with Gasteiger partial charge in [-0.1, -0.05) is 6.07 Å². The Morgan fingerprint density at radius 3 is 2.44 bits per heavy atom. The van der Waals surface area contributed by atoms with E-state index in [1.54, 1.807) is 12.1 Å². The molecule has 7 heteroatoms. The van der Waals surface area contributed by atoms with Crippen LogP contribution in [0.25, 0.3) is 0 Å². The zero-order chi connectivity index (χ0) is 18.3. The van der Waals surface area contributed by atoms with Crippen molar-refractivity contribution in [2.75, 3.05) is 58.4 Å². The Hall–Kier alpha value is -1.31. The van der Waals surface area contributed by atoms with Crippen molar-refractivity contribution in [2.45, 2.75) is 19.3 Å². The molecule has 142 valence electrons. The van der Waals surface area contributed by atoms with Gasteiger partial charge in [-0.05, 0) is 50.6 Å². The summed E-state index contributed by atoms with van der Waals surface area (Å²) < 4.78 is 29.4. The number of rotatable bonds is 9. The van der Waals surface area contributed by atoms with Crippen LogP contribution in [0.4, 0.5) is 0 Å². The molecule has 25 heavy (non-hydrogen) atoms. The Morgan fingerprint density at radius 2 is 1.80 bits per heavy atom. The van der Waals surface area contributed by atoms with Crippen LogP contribution in [0.2, 0.25) is 0 Å². The molecule has 0 radical (unpaired) electrons. The number of methoxy groups -OCH3 is 1. The van der Waals surface area contributed by atoms with E-state index in [1.165, 1.54) is 7.11 Å². The fourth-order valence-electron chi connectivity index (χ4n) is 3.07. The number of aryl methyl sites for hydroxylation is 1. The molecule has 1 saturated heterocycles. The minimum Gasteiger partial charge on any atom is -0.504 e. The first-order valence-corrected chi connectivity index (χ1v) is 10.7. The molecule has 0 aromatic heterocycles. The molecule has 0 unspecified atom stereocenters. The highest BCUT2D eigenvalue weighted by Crippen LogP contribution is 2.26. The van der Waals surface area contributed by atoms with Crippen LogP contribution in [0, 0.1) is 0 Å². The van der Waals surface area contributed by atoms with Gasteiger partial charge in [0.15, 0.2) is 11.5 Å². The molecule has 2 rings (SSSR count). The third-order valence-electron chi connectivity index (χ3n) is 4.69. The number of benzene rings is 1. The number of phenols is 1. The lowest BCUT2D eigenvalue weighted by Crippen LogP contribution is -2.44. The summed E-state index contributed by atoms with van der Waals surface area (Å²) in [5, 5.41) is 9.76. The number of aromatic hydroxyl groups is 1. The van der Waals surface area contributed by atoms with Gasteiger partial charge in [-0.2, -0.15) is 0 Å². The lowest BCUT2D eigenvalue weighted by molar-refractivity contribution is 0.154. The number of likely N-dealkylation sites (N-methyl/N-ethyl adjacent to an activating group) is 1. The number of ether oxygens (including phenoxy) is 1. The monoisotopic (exact) mass is 370 g/mol. The predicted molar refractivity (Wildman–Crippen MR) is 100 cm³/mol. The van der Waals surface area contributed by atoms with Gasteiger partial charge in [-0.15, -0.1) is 0 Å². The molecule has 1 fully saturated rings. The van der Waals surface area contributed by atoms with Crippen LogP contribution in [0.1, 0.15) is 18.4 Å². The standard InChI is InChI=1S/C18H30N2O4S/c1-19-9-11-20(12-10-19)8-4-14-25(22,23)13-3-5-16-6-7-18(24-2)17(21)15-16/h6-7,15,21H,3-5,8-14H2,1-2H3. The maximum atomic E-state index is 12.2. The highest BCUT2D eigenvalue weighted by molar-refractivity contribution is 7.91. The van der Waals surface area contributed by atoms with E-state index in [-0.39, 0.29) is 17.3 Å².